The maximum absolute atomic E-state index is 12.6. The number of fused-ring (bicyclic) bond motifs is 1. The molecular formula is C15H18N2O3S. The molecule has 1 aliphatic rings. The molecule has 112 valence electrons. The summed E-state index contributed by atoms with van der Waals surface area (Å²) in [4.78, 5) is 15.0. The first-order valence-electron chi connectivity index (χ1n) is 6.82. The van der Waals surface area contributed by atoms with E-state index in [9.17, 15) is 4.79 Å². The van der Waals surface area contributed by atoms with Crippen molar-refractivity contribution in [1.82, 2.24) is 4.90 Å². The third-order valence-electron chi connectivity index (χ3n) is 3.90. The Hall–Kier alpha value is -1.79. The van der Waals surface area contributed by atoms with Gasteiger partial charge in [0.1, 0.15) is 10.6 Å². The Kier molecular flexibility index (Phi) is 3.73. The van der Waals surface area contributed by atoms with E-state index >= 15 is 0 Å². The van der Waals surface area contributed by atoms with Gasteiger partial charge in [-0.3, -0.25) is 4.79 Å². The Balaban J connectivity index is 1.95. The molecule has 1 aromatic heterocycles. The highest BCUT2D eigenvalue weighted by atomic mass is 32.1. The standard InChI is InChI=1S/C15H18N2O3S/c1-17(9-5-6-20-8-9)15(18)14-13(16)11-4-3-10(19-2)7-12(11)21-14/h3-4,7,9H,5-6,8,16H2,1-2H3. The predicted octanol–water partition coefficient (Wildman–Crippen LogP) is 2.35. The number of nitrogen functional groups attached to an aromatic ring is 1. The SMILES string of the molecule is COc1ccc2c(N)c(C(=O)N(C)C3CCOC3)sc2c1. The number of ether oxygens (including phenoxy) is 2. The number of methoxy groups -OCH3 is 1. The summed E-state index contributed by atoms with van der Waals surface area (Å²) >= 11 is 1.41. The first-order chi connectivity index (χ1) is 10.1. The first-order valence-corrected chi connectivity index (χ1v) is 7.64. The largest absolute Gasteiger partial charge is 0.497 e. The Morgan fingerprint density at radius 1 is 1.52 bits per heavy atom. The number of carbonyl (C=O) groups is 1. The van der Waals surface area contributed by atoms with E-state index in [-0.39, 0.29) is 11.9 Å². The molecular weight excluding hydrogens is 288 g/mol. The molecule has 6 heteroatoms. The molecule has 0 saturated carbocycles. The zero-order valence-corrected chi connectivity index (χ0v) is 12.9. The van der Waals surface area contributed by atoms with Crippen LogP contribution in [0.3, 0.4) is 0 Å². The Labute approximate surface area is 127 Å². The van der Waals surface area contributed by atoms with Crippen LogP contribution in [-0.4, -0.2) is 44.2 Å². The molecule has 21 heavy (non-hydrogen) atoms. The topological polar surface area (TPSA) is 64.8 Å². The summed E-state index contributed by atoms with van der Waals surface area (Å²) in [5.74, 6) is 0.725. The maximum Gasteiger partial charge on any atom is 0.266 e. The highest BCUT2D eigenvalue weighted by Crippen LogP contribution is 2.36. The number of rotatable bonds is 3. The quantitative estimate of drug-likeness (QED) is 0.945. The predicted molar refractivity (Wildman–Crippen MR) is 84.1 cm³/mol. The molecule has 1 unspecified atom stereocenters. The van der Waals surface area contributed by atoms with Crippen molar-refractivity contribution in [3.8, 4) is 5.75 Å². The fraction of sp³-hybridized carbons (Fsp3) is 0.400. The minimum Gasteiger partial charge on any atom is -0.497 e. The van der Waals surface area contributed by atoms with Crippen molar-refractivity contribution in [1.29, 1.82) is 0 Å². The summed E-state index contributed by atoms with van der Waals surface area (Å²) in [5, 5.41) is 0.903. The van der Waals surface area contributed by atoms with Crippen LogP contribution in [0.2, 0.25) is 0 Å². The number of carbonyl (C=O) groups excluding carboxylic acids is 1. The van der Waals surface area contributed by atoms with Crippen molar-refractivity contribution in [3.05, 3.63) is 23.1 Å². The van der Waals surface area contributed by atoms with Crippen LogP contribution in [0.1, 0.15) is 16.1 Å². The number of nitrogens with zero attached hydrogens (tertiary/aromatic N) is 1. The van der Waals surface area contributed by atoms with Crippen LogP contribution in [-0.2, 0) is 4.74 Å². The summed E-state index contributed by atoms with van der Waals surface area (Å²) in [6, 6.07) is 5.80. The molecule has 1 fully saturated rings. The van der Waals surface area contributed by atoms with Crippen molar-refractivity contribution in [2.45, 2.75) is 12.5 Å². The molecule has 1 saturated heterocycles. The molecule has 0 radical (unpaired) electrons. The molecule has 5 nitrogen and oxygen atoms in total. The molecule has 2 aromatic rings. The molecule has 2 N–H and O–H groups in total. The highest BCUT2D eigenvalue weighted by molar-refractivity contribution is 7.21. The van der Waals surface area contributed by atoms with Crippen LogP contribution in [0.25, 0.3) is 10.1 Å². The Morgan fingerprint density at radius 3 is 3.00 bits per heavy atom. The van der Waals surface area contributed by atoms with E-state index in [0.29, 0.717) is 23.8 Å². The molecule has 0 aliphatic carbocycles. The van der Waals surface area contributed by atoms with Gasteiger partial charge in [-0.15, -0.1) is 11.3 Å². The lowest BCUT2D eigenvalue weighted by Crippen LogP contribution is -2.37. The third kappa shape index (κ3) is 2.45. The molecule has 1 aliphatic heterocycles. The minimum atomic E-state index is -0.0387. The fourth-order valence-electron chi connectivity index (χ4n) is 2.54. The molecule has 1 amide bonds. The average Bonchev–Trinajstić information content (AvgIpc) is 3.14. The average molecular weight is 306 g/mol. The van der Waals surface area contributed by atoms with Gasteiger partial charge in [0.05, 0.1) is 25.4 Å². The molecule has 0 bridgehead atoms. The van der Waals surface area contributed by atoms with E-state index in [0.717, 1.165) is 22.3 Å². The second-order valence-corrected chi connectivity index (χ2v) is 6.19. The number of hydrogen-bond donors (Lipinski definition) is 1. The summed E-state index contributed by atoms with van der Waals surface area (Å²) in [7, 11) is 3.43. The van der Waals surface area contributed by atoms with Crippen LogP contribution < -0.4 is 10.5 Å². The number of amides is 1. The number of likely N-dealkylation sites (N-methyl/N-ethyl adjacent to an activating group) is 1. The van der Waals surface area contributed by atoms with Crippen molar-refractivity contribution >= 4 is 33.0 Å². The smallest absolute Gasteiger partial charge is 0.266 e. The Bertz CT molecular complexity index is 677. The van der Waals surface area contributed by atoms with Gasteiger partial charge in [-0.2, -0.15) is 0 Å². The number of nitrogens with two attached hydrogens (primary N) is 1. The van der Waals surface area contributed by atoms with Crippen molar-refractivity contribution in [2.24, 2.45) is 0 Å². The second kappa shape index (κ2) is 5.54. The molecule has 3 rings (SSSR count). The van der Waals surface area contributed by atoms with Gasteiger partial charge in [0.25, 0.3) is 5.91 Å². The van der Waals surface area contributed by atoms with E-state index in [1.165, 1.54) is 11.3 Å². The van der Waals surface area contributed by atoms with Crippen LogP contribution in [0.15, 0.2) is 18.2 Å². The van der Waals surface area contributed by atoms with Gasteiger partial charge < -0.3 is 20.1 Å². The van der Waals surface area contributed by atoms with Crippen molar-refractivity contribution < 1.29 is 14.3 Å². The summed E-state index contributed by atoms with van der Waals surface area (Å²) < 4.78 is 11.5. The lowest BCUT2D eigenvalue weighted by atomic mass is 10.2. The zero-order valence-electron chi connectivity index (χ0n) is 12.1. The lowest BCUT2D eigenvalue weighted by Gasteiger charge is -2.22. The lowest BCUT2D eigenvalue weighted by molar-refractivity contribution is 0.0717. The van der Waals surface area contributed by atoms with Gasteiger partial charge in [-0.1, -0.05) is 0 Å². The number of anilines is 1. The van der Waals surface area contributed by atoms with Crippen LogP contribution in [0, 0.1) is 0 Å². The van der Waals surface area contributed by atoms with Gasteiger partial charge in [-0.05, 0) is 24.6 Å². The number of benzene rings is 1. The normalized spacial score (nSPS) is 18.1. The molecule has 1 atom stereocenters. The van der Waals surface area contributed by atoms with Crippen LogP contribution in [0.4, 0.5) is 5.69 Å². The number of hydrogen-bond acceptors (Lipinski definition) is 5. The van der Waals surface area contributed by atoms with Crippen molar-refractivity contribution in [3.63, 3.8) is 0 Å². The molecule has 1 aromatic carbocycles. The van der Waals surface area contributed by atoms with Gasteiger partial charge in [-0.25, -0.2) is 0 Å². The third-order valence-corrected chi connectivity index (χ3v) is 5.06. The van der Waals surface area contributed by atoms with Crippen molar-refractivity contribution in [2.75, 3.05) is 33.1 Å². The van der Waals surface area contributed by atoms with Gasteiger partial charge in [0.2, 0.25) is 0 Å². The fourth-order valence-corrected chi connectivity index (χ4v) is 3.67. The number of thiophene rings is 1. The summed E-state index contributed by atoms with van der Waals surface area (Å²) in [6.07, 6.45) is 0.876. The van der Waals surface area contributed by atoms with E-state index in [2.05, 4.69) is 0 Å². The Morgan fingerprint density at radius 2 is 2.33 bits per heavy atom. The van der Waals surface area contributed by atoms with E-state index < -0.39 is 0 Å². The van der Waals surface area contributed by atoms with Gasteiger partial charge in [0.15, 0.2) is 0 Å². The second-order valence-electron chi connectivity index (χ2n) is 5.14. The first kappa shape index (κ1) is 14.2. The molecule has 2 heterocycles. The minimum absolute atomic E-state index is 0.0387. The summed E-state index contributed by atoms with van der Waals surface area (Å²) in [5.41, 5.74) is 6.71. The van der Waals surface area contributed by atoms with Gasteiger partial charge in [0, 0.05) is 23.7 Å². The molecule has 0 spiro atoms. The van der Waals surface area contributed by atoms with Crippen LogP contribution in [0.5, 0.6) is 5.75 Å². The zero-order chi connectivity index (χ0) is 15.0. The van der Waals surface area contributed by atoms with Gasteiger partial charge >= 0.3 is 0 Å². The van der Waals surface area contributed by atoms with E-state index in [1.54, 1.807) is 12.0 Å². The monoisotopic (exact) mass is 306 g/mol. The van der Waals surface area contributed by atoms with Crippen LogP contribution >= 0.6 is 11.3 Å². The summed E-state index contributed by atoms with van der Waals surface area (Å²) in [6.45, 7) is 1.31. The highest BCUT2D eigenvalue weighted by Gasteiger charge is 2.27. The maximum atomic E-state index is 12.6. The van der Waals surface area contributed by atoms with E-state index in [1.807, 2.05) is 25.2 Å². The van der Waals surface area contributed by atoms with E-state index in [4.69, 9.17) is 15.2 Å².